The van der Waals surface area contributed by atoms with Crippen LogP contribution in [0.25, 0.3) is 0 Å². The van der Waals surface area contributed by atoms with Gasteiger partial charge < -0.3 is 25.0 Å². The van der Waals surface area contributed by atoms with E-state index in [1.54, 1.807) is 20.8 Å². The third kappa shape index (κ3) is 5.98. The zero-order valence-corrected chi connectivity index (χ0v) is 14.6. The number of phenols is 2. The lowest BCUT2D eigenvalue weighted by Crippen LogP contribution is -2.49. The van der Waals surface area contributed by atoms with Crippen molar-refractivity contribution in [1.29, 1.82) is 0 Å². The summed E-state index contributed by atoms with van der Waals surface area (Å²) in [6, 6.07) is 3.87. The molecule has 0 saturated heterocycles. The largest absolute Gasteiger partial charge is 0.508 e. The lowest BCUT2D eigenvalue weighted by molar-refractivity contribution is -0.00782. The molecule has 0 aliphatic heterocycles. The Hall–Kier alpha value is -1.95. The zero-order valence-electron chi connectivity index (χ0n) is 14.6. The highest BCUT2D eigenvalue weighted by Crippen LogP contribution is 2.28. The van der Waals surface area contributed by atoms with Crippen molar-refractivity contribution >= 4 is 6.09 Å². The molecule has 1 amide bonds. The lowest BCUT2D eigenvalue weighted by atomic mass is 10.0. The van der Waals surface area contributed by atoms with Crippen LogP contribution in [-0.4, -0.2) is 44.0 Å². The quantitative estimate of drug-likeness (QED) is 0.794. The van der Waals surface area contributed by atoms with Crippen LogP contribution in [0.15, 0.2) is 18.2 Å². The van der Waals surface area contributed by atoms with Crippen LogP contribution in [0.5, 0.6) is 11.5 Å². The molecule has 0 aliphatic rings. The first-order valence-corrected chi connectivity index (χ1v) is 7.51. The average molecular weight is 325 g/mol. The number of phenolic OH excluding ortho intramolecular Hbond substituents is 2. The summed E-state index contributed by atoms with van der Waals surface area (Å²) in [5, 5.41) is 29.4. The molecule has 1 unspecified atom stereocenters. The number of β-amino-alcohol motifs (C(OH)–C–C–N with tert-alkyl or cyclic N) is 1. The van der Waals surface area contributed by atoms with Crippen LogP contribution in [0.4, 0.5) is 4.79 Å². The van der Waals surface area contributed by atoms with E-state index >= 15 is 0 Å². The summed E-state index contributed by atoms with van der Waals surface area (Å²) in [5.74, 6) is -0.308. The van der Waals surface area contributed by atoms with E-state index in [0.717, 1.165) is 0 Å². The number of hydrogen-bond donors (Lipinski definition) is 3. The van der Waals surface area contributed by atoms with E-state index in [1.165, 1.54) is 23.1 Å². The normalized spacial score (nSPS) is 13.5. The van der Waals surface area contributed by atoms with Crippen LogP contribution < -0.4 is 0 Å². The molecule has 0 aromatic heterocycles. The van der Waals surface area contributed by atoms with Crippen LogP contribution in [0, 0.1) is 0 Å². The highest BCUT2D eigenvalue weighted by atomic mass is 16.6. The maximum atomic E-state index is 12.4. The number of aliphatic hydroxyl groups is 1. The molecule has 1 rings (SSSR count). The van der Waals surface area contributed by atoms with Gasteiger partial charge in [0.05, 0.1) is 12.6 Å². The van der Waals surface area contributed by atoms with Gasteiger partial charge in [0.15, 0.2) is 0 Å². The SMILES string of the molecule is CC(C)(C)OC(=O)N(CC(O)c1cc(O)cc(O)c1)C(C)(C)C. The van der Waals surface area contributed by atoms with Crippen molar-refractivity contribution in [3.05, 3.63) is 23.8 Å². The van der Waals surface area contributed by atoms with E-state index < -0.39 is 23.3 Å². The molecule has 130 valence electrons. The van der Waals surface area contributed by atoms with Gasteiger partial charge in [0.2, 0.25) is 0 Å². The van der Waals surface area contributed by atoms with Gasteiger partial charge in [-0.3, -0.25) is 0 Å². The summed E-state index contributed by atoms with van der Waals surface area (Å²) in [6.45, 7) is 10.8. The van der Waals surface area contributed by atoms with Crippen molar-refractivity contribution in [2.75, 3.05) is 6.54 Å². The molecule has 6 heteroatoms. The minimum Gasteiger partial charge on any atom is -0.508 e. The molecule has 1 aromatic carbocycles. The van der Waals surface area contributed by atoms with Gasteiger partial charge in [-0.05, 0) is 59.2 Å². The highest BCUT2D eigenvalue weighted by molar-refractivity contribution is 5.69. The van der Waals surface area contributed by atoms with E-state index in [9.17, 15) is 20.1 Å². The molecular weight excluding hydrogens is 298 g/mol. The Balaban J connectivity index is 2.99. The van der Waals surface area contributed by atoms with Crippen molar-refractivity contribution in [2.45, 2.75) is 58.8 Å². The van der Waals surface area contributed by atoms with Crippen LogP contribution in [0.3, 0.4) is 0 Å². The van der Waals surface area contributed by atoms with Crippen molar-refractivity contribution in [3.63, 3.8) is 0 Å². The summed E-state index contributed by atoms with van der Waals surface area (Å²) in [5.41, 5.74) is -0.892. The molecule has 0 saturated carbocycles. The van der Waals surface area contributed by atoms with Crippen LogP contribution in [-0.2, 0) is 4.74 Å². The predicted molar refractivity (Wildman–Crippen MR) is 87.4 cm³/mol. The van der Waals surface area contributed by atoms with Gasteiger partial charge in [0.25, 0.3) is 0 Å². The molecule has 0 heterocycles. The molecule has 0 bridgehead atoms. The Morgan fingerprint density at radius 3 is 1.96 bits per heavy atom. The molecule has 6 nitrogen and oxygen atoms in total. The summed E-state index contributed by atoms with van der Waals surface area (Å²) >= 11 is 0. The first kappa shape index (κ1) is 19.1. The second kappa shape index (κ2) is 6.66. The van der Waals surface area contributed by atoms with Crippen LogP contribution in [0.1, 0.15) is 53.2 Å². The Labute approximate surface area is 137 Å². The predicted octanol–water partition coefficient (Wildman–Crippen LogP) is 3.17. The van der Waals surface area contributed by atoms with Gasteiger partial charge in [-0.25, -0.2) is 4.79 Å². The first-order valence-electron chi connectivity index (χ1n) is 7.51. The Morgan fingerprint density at radius 1 is 1.09 bits per heavy atom. The number of aliphatic hydroxyl groups excluding tert-OH is 1. The van der Waals surface area contributed by atoms with Gasteiger partial charge >= 0.3 is 6.09 Å². The van der Waals surface area contributed by atoms with E-state index in [0.29, 0.717) is 5.56 Å². The monoisotopic (exact) mass is 325 g/mol. The maximum Gasteiger partial charge on any atom is 0.410 e. The molecule has 0 spiro atoms. The van der Waals surface area contributed by atoms with Crippen molar-refractivity contribution in [1.82, 2.24) is 4.90 Å². The number of aromatic hydroxyl groups is 2. The Bertz CT molecular complexity index is 537. The molecule has 1 aromatic rings. The fraction of sp³-hybridized carbons (Fsp3) is 0.588. The lowest BCUT2D eigenvalue weighted by Gasteiger charge is -2.38. The third-order valence-electron chi connectivity index (χ3n) is 3.09. The van der Waals surface area contributed by atoms with Gasteiger partial charge in [-0.15, -0.1) is 0 Å². The van der Waals surface area contributed by atoms with E-state index in [-0.39, 0.29) is 18.0 Å². The van der Waals surface area contributed by atoms with E-state index in [4.69, 9.17) is 4.74 Å². The summed E-state index contributed by atoms with van der Waals surface area (Å²) in [7, 11) is 0. The van der Waals surface area contributed by atoms with Gasteiger partial charge in [-0.1, -0.05) is 0 Å². The number of rotatable bonds is 3. The smallest absolute Gasteiger partial charge is 0.410 e. The van der Waals surface area contributed by atoms with E-state index in [2.05, 4.69) is 0 Å². The molecule has 0 fully saturated rings. The van der Waals surface area contributed by atoms with Gasteiger partial charge in [0.1, 0.15) is 17.1 Å². The fourth-order valence-electron chi connectivity index (χ4n) is 2.03. The number of carbonyl (C=O) groups is 1. The van der Waals surface area contributed by atoms with Crippen molar-refractivity contribution in [2.24, 2.45) is 0 Å². The van der Waals surface area contributed by atoms with E-state index in [1.807, 2.05) is 20.8 Å². The molecule has 3 N–H and O–H groups in total. The zero-order chi connectivity index (χ0) is 18.0. The van der Waals surface area contributed by atoms with Gasteiger partial charge in [0, 0.05) is 11.6 Å². The number of ether oxygens (including phenoxy) is 1. The minimum absolute atomic E-state index is 0.0265. The van der Waals surface area contributed by atoms with Crippen LogP contribution in [0.2, 0.25) is 0 Å². The molecule has 0 radical (unpaired) electrons. The number of benzene rings is 1. The van der Waals surface area contributed by atoms with Crippen molar-refractivity contribution < 1.29 is 24.9 Å². The second-order valence-electron chi connectivity index (χ2n) is 7.56. The molecular formula is C17H27NO5. The molecule has 23 heavy (non-hydrogen) atoms. The summed E-state index contributed by atoms with van der Waals surface area (Å²) in [4.78, 5) is 13.8. The van der Waals surface area contributed by atoms with Crippen LogP contribution >= 0.6 is 0 Å². The Kier molecular flexibility index (Phi) is 5.53. The topological polar surface area (TPSA) is 90.2 Å². The summed E-state index contributed by atoms with van der Waals surface area (Å²) < 4.78 is 5.39. The highest BCUT2D eigenvalue weighted by Gasteiger charge is 2.32. The number of hydrogen-bond acceptors (Lipinski definition) is 5. The maximum absolute atomic E-state index is 12.4. The minimum atomic E-state index is -1.07. The average Bonchev–Trinajstić information content (AvgIpc) is 2.30. The number of nitrogens with zero attached hydrogens (tertiary/aromatic N) is 1. The number of amides is 1. The molecule has 0 aliphatic carbocycles. The van der Waals surface area contributed by atoms with Crippen molar-refractivity contribution in [3.8, 4) is 11.5 Å². The van der Waals surface area contributed by atoms with Gasteiger partial charge in [-0.2, -0.15) is 0 Å². The first-order chi connectivity index (χ1) is 10.3. The number of carbonyl (C=O) groups excluding carboxylic acids is 1. The standard InChI is InChI=1S/C17H27NO5/c1-16(2,3)18(15(22)23-17(4,5)6)10-14(21)11-7-12(19)9-13(20)8-11/h7-9,14,19-21H,10H2,1-6H3. The summed E-state index contributed by atoms with van der Waals surface area (Å²) in [6.07, 6.45) is -1.60. The Morgan fingerprint density at radius 2 is 1.57 bits per heavy atom. The molecule has 1 atom stereocenters. The third-order valence-corrected chi connectivity index (χ3v) is 3.09. The fourth-order valence-corrected chi connectivity index (χ4v) is 2.03. The second-order valence-corrected chi connectivity index (χ2v) is 7.56.